The van der Waals surface area contributed by atoms with Crippen molar-refractivity contribution >= 4 is 28.1 Å². The van der Waals surface area contributed by atoms with Gasteiger partial charge in [-0.05, 0) is 43.1 Å². The fourth-order valence-electron chi connectivity index (χ4n) is 2.41. The maximum atomic E-state index is 9.04. The van der Waals surface area contributed by atoms with Crippen molar-refractivity contribution in [2.24, 2.45) is 5.92 Å². The number of hydrogen-bond donors (Lipinski definition) is 1. The third kappa shape index (κ3) is 2.46. The van der Waals surface area contributed by atoms with Crippen molar-refractivity contribution in [2.45, 2.75) is 37.8 Å². The topological polar surface area (TPSA) is 57.9 Å². The molecule has 0 amide bonds. The molecular formula is C12H14ClN3OS. The van der Waals surface area contributed by atoms with E-state index in [0.29, 0.717) is 22.9 Å². The molecule has 1 aromatic rings. The van der Waals surface area contributed by atoms with E-state index >= 15 is 0 Å². The number of nitrogens with one attached hydrogen (secondary N) is 1. The fourth-order valence-corrected chi connectivity index (χ4v) is 3.42. The Morgan fingerprint density at radius 3 is 3.00 bits per heavy atom. The van der Waals surface area contributed by atoms with Crippen LogP contribution in [0.4, 0.5) is 5.00 Å². The SMILES string of the molecule is N#Cc1c(Cl)nsc1NC1CCOC(C2CC2)C1. The summed E-state index contributed by atoms with van der Waals surface area (Å²) in [4.78, 5) is 0. The maximum Gasteiger partial charge on any atom is 0.162 e. The van der Waals surface area contributed by atoms with Gasteiger partial charge in [0.05, 0.1) is 6.10 Å². The molecule has 2 fully saturated rings. The number of anilines is 1. The van der Waals surface area contributed by atoms with E-state index in [9.17, 15) is 0 Å². The summed E-state index contributed by atoms with van der Waals surface area (Å²) in [5.41, 5.74) is 0.469. The second-order valence-electron chi connectivity index (χ2n) is 4.90. The van der Waals surface area contributed by atoms with Crippen molar-refractivity contribution in [1.29, 1.82) is 5.26 Å². The van der Waals surface area contributed by atoms with Crippen LogP contribution in [0.2, 0.25) is 5.15 Å². The van der Waals surface area contributed by atoms with Gasteiger partial charge in [0, 0.05) is 12.6 Å². The Labute approximate surface area is 115 Å². The number of halogens is 1. The summed E-state index contributed by atoms with van der Waals surface area (Å²) >= 11 is 7.13. The highest BCUT2D eigenvalue weighted by Crippen LogP contribution is 2.39. The minimum Gasteiger partial charge on any atom is -0.378 e. The van der Waals surface area contributed by atoms with Crippen LogP contribution in [0, 0.1) is 17.2 Å². The van der Waals surface area contributed by atoms with Crippen molar-refractivity contribution in [1.82, 2.24) is 4.37 Å². The quantitative estimate of drug-likeness (QED) is 0.926. The first-order valence-electron chi connectivity index (χ1n) is 6.21. The van der Waals surface area contributed by atoms with E-state index in [-0.39, 0.29) is 0 Å². The molecule has 2 heterocycles. The van der Waals surface area contributed by atoms with Gasteiger partial charge >= 0.3 is 0 Å². The Hall–Kier alpha value is -0.830. The first kappa shape index (κ1) is 12.2. The lowest BCUT2D eigenvalue weighted by Gasteiger charge is -2.30. The van der Waals surface area contributed by atoms with Gasteiger partial charge in [-0.3, -0.25) is 0 Å². The molecule has 2 unspecified atom stereocenters. The predicted octanol–water partition coefficient (Wildman–Crippen LogP) is 3.04. The van der Waals surface area contributed by atoms with E-state index < -0.39 is 0 Å². The summed E-state index contributed by atoms with van der Waals surface area (Å²) in [5.74, 6) is 0.759. The zero-order valence-electron chi connectivity index (χ0n) is 9.86. The standard InChI is InChI=1S/C12H14ClN3OS/c13-11-9(6-14)12(18-16-11)15-8-3-4-17-10(5-8)7-1-2-7/h7-8,10,15H,1-5H2. The second kappa shape index (κ2) is 5.04. The average Bonchev–Trinajstić information content (AvgIpc) is 3.16. The van der Waals surface area contributed by atoms with Crippen LogP contribution in [0.15, 0.2) is 0 Å². The van der Waals surface area contributed by atoms with E-state index in [1.165, 1.54) is 24.4 Å². The Balaban J connectivity index is 1.66. The van der Waals surface area contributed by atoms with Crippen molar-refractivity contribution in [3.8, 4) is 6.07 Å². The van der Waals surface area contributed by atoms with Crippen LogP contribution in [0.3, 0.4) is 0 Å². The summed E-state index contributed by atoms with van der Waals surface area (Å²) in [7, 11) is 0. The van der Waals surface area contributed by atoms with Gasteiger partial charge in [0.1, 0.15) is 16.6 Å². The third-order valence-corrected chi connectivity index (χ3v) is 4.71. The highest BCUT2D eigenvalue weighted by atomic mass is 35.5. The second-order valence-corrected chi connectivity index (χ2v) is 6.03. The summed E-state index contributed by atoms with van der Waals surface area (Å²) < 4.78 is 9.80. The molecule has 1 N–H and O–H groups in total. The van der Waals surface area contributed by atoms with Gasteiger partial charge in [0.15, 0.2) is 5.15 Å². The Morgan fingerprint density at radius 1 is 1.44 bits per heavy atom. The zero-order chi connectivity index (χ0) is 12.5. The predicted molar refractivity (Wildman–Crippen MR) is 70.9 cm³/mol. The van der Waals surface area contributed by atoms with Gasteiger partial charge in [-0.1, -0.05) is 11.6 Å². The van der Waals surface area contributed by atoms with E-state index in [1.807, 2.05) is 0 Å². The van der Waals surface area contributed by atoms with Crippen LogP contribution in [0.25, 0.3) is 0 Å². The van der Waals surface area contributed by atoms with Crippen LogP contribution in [0.1, 0.15) is 31.2 Å². The first-order valence-corrected chi connectivity index (χ1v) is 7.36. The number of aromatic nitrogens is 1. The van der Waals surface area contributed by atoms with Crippen molar-refractivity contribution in [3.63, 3.8) is 0 Å². The number of ether oxygens (including phenoxy) is 1. The normalized spacial score (nSPS) is 27.8. The number of rotatable bonds is 3. The van der Waals surface area contributed by atoms with E-state index in [4.69, 9.17) is 21.6 Å². The molecule has 4 nitrogen and oxygen atoms in total. The largest absolute Gasteiger partial charge is 0.378 e. The molecule has 1 aliphatic heterocycles. The van der Waals surface area contributed by atoms with Crippen molar-refractivity contribution in [2.75, 3.05) is 11.9 Å². The van der Waals surface area contributed by atoms with E-state index in [1.54, 1.807) is 0 Å². The molecule has 3 rings (SSSR count). The van der Waals surface area contributed by atoms with Crippen molar-refractivity contribution in [3.05, 3.63) is 10.7 Å². The summed E-state index contributed by atoms with van der Waals surface area (Å²) in [6.45, 7) is 0.799. The van der Waals surface area contributed by atoms with Gasteiger partial charge in [0.25, 0.3) is 0 Å². The number of nitrogens with zero attached hydrogens (tertiary/aromatic N) is 2. The zero-order valence-corrected chi connectivity index (χ0v) is 11.4. The first-order chi connectivity index (χ1) is 8.78. The van der Waals surface area contributed by atoms with Crippen LogP contribution >= 0.6 is 23.1 Å². The molecule has 96 valence electrons. The van der Waals surface area contributed by atoms with Gasteiger partial charge < -0.3 is 10.1 Å². The molecule has 0 bridgehead atoms. The van der Waals surface area contributed by atoms with Gasteiger partial charge in [-0.25, -0.2) is 0 Å². The minimum atomic E-state index is 0.302. The Kier molecular flexibility index (Phi) is 3.42. The van der Waals surface area contributed by atoms with Gasteiger partial charge in [-0.2, -0.15) is 9.64 Å². The monoisotopic (exact) mass is 283 g/mol. The molecule has 6 heteroatoms. The molecule has 0 aromatic carbocycles. The van der Waals surface area contributed by atoms with E-state index in [0.717, 1.165) is 30.4 Å². The minimum absolute atomic E-state index is 0.302. The van der Waals surface area contributed by atoms with Crippen LogP contribution < -0.4 is 5.32 Å². The molecule has 0 radical (unpaired) electrons. The highest BCUT2D eigenvalue weighted by molar-refractivity contribution is 7.10. The Morgan fingerprint density at radius 2 is 2.28 bits per heavy atom. The summed E-state index contributed by atoms with van der Waals surface area (Å²) in [6.07, 6.45) is 4.99. The molecule has 1 saturated heterocycles. The smallest absolute Gasteiger partial charge is 0.162 e. The molecule has 1 aliphatic carbocycles. The molecular weight excluding hydrogens is 270 g/mol. The average molecular weight is 284 g/mol. The van der Waals surface area contributed by atoms with Crippen molar-refractivity contribution < 1.29 is 4.74 Å². The van der Waals surface area contributed by atoms with Gasteiger partial charge in [-0.15, -0.1) is 0 Å². The van der Waals surface area contributed by atoms with Gasteiger partial charge in [0.2, 0.25) is 0 Å². The molecule has 0 spiro atoms. The van der Waals surface area contributed by atoms with Crippen LogP contribution in [0.5, 0.6) is 0 Å². The van der Waals surface area contributed by atoms with Crippen LogP contribution in [-0.4, -0.2) is 23.1 Å². The molecule has 2 atom stereocenters. The third-order valence-electron chi connectivity index (χ3n) is 3.56. The maximum absolute atomic E-state index is 9.04. The summed E-state index contributed by atoms with van der Waals surface area (Å²) in [6, 6.07) is 2.47. The van der Waals surface area contributed by atoms with Crippen LogP contribution in [-0.2, 0) is 4.74 Å². The molecule has 2 aliphatic rings. The summed E-state index contributed by atoms with van der Waals surface area (Å²) in [5, 5.41) is 13.5. The molecule has 18 heavy (non-hydrogen) atoms. The highest BCUT2D eigenvalue weighted by Gasteiger charge is 2.36. The molecule has 1 saturated carbocycles. The fraction of sp³-hybridized carbons (Fsp3) is 0.667. The number of hydrogen-bond acceptors (Lipinski definition) is 5. The number of nitriles is 1. The lowest BCUT2D eigenvalue weighted by atomic mass is 10.00. The lowest BCUT2D eigenvalue weighted by molar-refractivity contribution is -0.00214. The van der Waals surface area contributed by atoms with E-state index in [2.05, 4.69) is 15.8 Å². The molecule has 1 aromatic heterocycles. The lowest BCUT2D eigenvalue weighted by Crippen LogP contribution is -2.35. The Bertz CT molecular complexity index is 480.